The summed E-state index contributed by atoms with van der Waals surface area (Å²) in [6, 6.07) is 24.0. The molecule has 1 amide bonds. The molecule has 0 aliphatic rings. The molecule has 0 aliphatic heterocycles. The maximum absolute atomic E-state index is 12.4. The van der Waals surface area contributed by atoms with Crippen LogP contribution in [0.4, 0.5) is 0 Å². The molecule has 0 bridgehead atoms. The van der Waals surface area contributed by atoms with E-state index in [0.717, 1.165) is 5.56 Å². The molecule has 150 valence electrons. The van der Waals surface area contributed by atoms with Crippen LogP contribution in [-0.4, -0.2) is 12.5 Å². The van der Waals surface area contributed by atoms with E-state index in [9.17, 15) is 4.79 Å². The summed E-state index contributed by atoms with van der Waals surface area (Å²) in [5.74, 6) is 0.701. The predicted octanol–water partition coefficient (Wildman–Crippen LogP) is 6.31. The van der Waals surface area contributed by atoms with Gasteiger partial charge in [-0.15, -0.1) is 0 Å². The van der Waals surface area contributed by atoms with Crippen molar-refractivity contribution >= 4 is 5.91 Å². The molecule has 3 rings (SSSR count). The van der Waals surface area contributed by atoms with Gasteiger partial charge in [0.05, 0.1) is 0 Å². The zero-order chi connectivity index (χ0) is 21.0. The van der Waals surface area contributed by atoms with Crippen molar-refractivity contribution in [2.75, 3.05) is 6.54 Å². The number of carbonyl (C=O) groups excluding carboxylic acids is 1. The Kier molecular flexibility index (Phi) is 9.00. The molecule has 0 radical (unpaired) electrons. The molecule has 1 atom stereocenters. The first-order chi connectivity index (χ1) is 13.9. The summed E-state index contributed by atoms with van der Waals surface area (Å²) in [7, 11) is 0. The molecule has 0 fully saturated rings. The zero-order valence-electron chi connectivity index (χ0n) is 18.6. The Morgan fingerprint density at radius 3 is 2.27 bits per heavy atom. The van der Waals surface area contributed by atoms with Crippen LogP contribution < -0.4 is 5.32 Å². The Balaban J connectivity index is 0.00000320. The Morgan fingerprint density at radius 2 is 1.63 bits per heavy atom. The summed E-state index contributed by atoms with van der Waals surface area (Å²) in [5, 5.41) is 3.00. The van der Waals surface area contributed by atoms with Crippen LogP contribution in [-0.2, 0) is 32.7 Å². The number of nitrogens with one attached hydrogen (secondary N) is 1. The SMILES string of the molecule is Cc1ccc(C(C)c2cc[c-]cc2)c(-c2ccc(C(=O)NCC(C)C)cc2C)c1.[Y+3]. The van der Waals surface area contributed by atoms with Crippen LogP contribution in [0.1, 0.15) is 59.3 Å². The minimum Gasteiger partial charge on any atom is -0.352 e. The largest absolute Gasteiger partial charge is 3.00 e. The second kappa shape index (κ2) is 11.0. The Labute approximate surface area is 206 Å². The number of aryl methyl sites for hydroxylation is 2. The van der Waals surface area contributed by atoms with E-state index in [1.165, 1.54) is 27.8 Å². The Hall–Kier alpha value is -1.77. The van der Waals surface area contributed by atoms with Gasteiger partial charge in [-0.25, -0.2) is 0 Å². The van der Waals surface area contributed by atoms with Crippen LogP contribution in [0, 0.1) is 25.8 Å². The van der Waals surface area contributed by atoms with Crippen LogP contribution in [0.2, 0.25) is 0 Å². The van der Waals surface area contributed by atoms with E-state index in [4.69, 9.17) is 0 Å². The number of hydrogen-bond donors (Lipinski definition) is 1. The topological polar surface area (TPSA) is 29.1 Å². The third kappa shape index (κ3) is 5.89. The smallest absolute Gasteiger partial charge is 0.352 e. The first-order valence-corrected chi connectivity index (χ1v) is 10.3. The van der Waals surface area contributed by atoms with E-state index < -0.39 is 0 Å². The molecular formula is C27H30NOY+2. The molecule has 1 N–H and O–H groups in total. The fourth-order valence-electron chi connectivity index (χ4n) is 3.65. The maximum Gasteiger partial charge on any atom is 3.00 e. The zero-order valence-corrected chi connectivity index (χ0v) is 21.5. The maximum atomic E-state index is 12.4. The van der Waals surface area contributed by atoms with Gasteiger partial charge in [0.2, 0.25) is 0 Å². The van der Waals surface area contributed by atoms with Crippen LogP contribution in [0.25, 0.3) is 11.1 Å². The Bertz CT molecular complexity index is 995. The molecule has 2 nitrogen and oxygen atoms in total. The Morgan fingerprint density at radius 1 is 0.933 bits per heavy atom. The van der Waals surface area contributed by atoms with Gasteiger partial charge < -0.3 is 5.32 Å². The fourth-order valence-corrected chi connectivity index (χ4v) is 3.65. The van der Waals surface area contributed by atoms with Gasteiger partial charge in [0.1, 0.15) is 0 Å². The van der Waals surface area contributed by atoms with Gasteiger partial charge in [0, 0.05) is 12.1 Å². The molecule has 0 aromatic heterocycles. The van der Waals surface area contributed by atoms with Gasteiger partial charge in [0.15, 0.2) is 0 Å². The van der Waals surface area contributed by atoms with Gasteiger partial charge in [-0.2, -0.15) is 35.9 Å². The minimum absolute atomic E-state index is 0. The minimum atomic E-state index is -0.00767. The van der Waals surface area contributed by atoms with Crippen LogP contribution in [0.3, 0.4) is 0 Å². The van der Waals surface area contributed by atoms with Crippen LogP contribution >= 0.6 is 0 Å². The van der Waals surface area contributed by atoms with Crippen molar-refractivity contribution < 1.29 is 37.5 Å². The molecule has 0 saturated carbocycles. The van der Waals surface area contributed by atoms with E-state index >= 15 is 0 Å². The van der Waals surface area contributed by atoms with Crippen molar-refractivity contribution in [2.45, 2.75) is 40.5 Å². The van der Waals surface area contributed by atoms with Crippen molar-refractivity contribution in [3.05, 3.63) is 94.5 Å². The van der Waals surface area contributed by atoms with Crippen LogP contribution in [0.5, 0.6) is 0 Å². The monoisotopic (exact) mass is 473 g/mol. The van der Waals surface area contributed by atoms with Crippen LogP contribution in [0.15, 0.2) is 60.7 Å². The molecule has 0 spiro atoms. The fraction of sp³-hybridized carbons (Fsp3) is 0.296. The summed E-state index contributed by atoms with van der Waals surface area (Å²) in [4.78, 5) is 12.4. The molecule has 0 aliphatic carbocycles. The van der Waals surface area contributed by atoms with E-state index in [0.29, 0.717) is 18.0 Å². The average Bonchev–Trinajstić information content (AvgIpc) is 2.72. The number of benzene rings is 3. The molecule has 0 heterocycles. The van der Waals surface area contributed by atoms with Crippen molar-refractivity contribution in [3.8, 4) is 11.1 Å². The summed E-state index contributed by atoms with van der Waals surface area (Å²) in [5.41, 5.74) is 8.04. The molecular weight excluding hydrogens is 443 g/mol. The van der Waals surface area contributed by atoms with Gasteiger partial charge in [0.25, 0.3) is 5.91 Å². The standard InChI is InChI=1S/C27H30NO.Y/c1-18(2)17-28-27(29)23-12-14-24(20(4)16-23)26-15-19(3)11-13-25(26)21(5)22-9-7-6-8-10-22;/h7-16,18,21H,17H2,1-5H3,(H,28,29);/q-1;+3. The summed E-state index contributed by atoms with van der Waals surface area (Å²) in [6.07, 6.45) is 0. The first kappa shape index (κ1) is 24.5. The quantitative estimate of drug-likeness (QED) is 0.418. The summed E-state index contributed by atoms with van der Waals surface area (Å²) < 4.78 is 0. The number of hydrogen-bond acceptors (Lipinski definition) is 1. The molecule has 30 heavy (non-hydrogen) atoms. The number of amides is 1. The van der Waals surface area contributed by atoms with E-state index in [1.807, 2.05) is 24.3 Å². The van der Waals surface area contributed by atoms with Crippen molar-refractivity contribution in [3.63, 3.8) is 0 Å². The van der Waals surface area contributed by atoms with Crippen molar-refractivity contribution in [1.29, 1.82) is 0 Å². The van der Waals surface area contributed by atoms with Gasteiger partial charge >= 0.3 is 32.7 Å². The molecule has 0 saturated heterocycles. The molecule has 1 unspecified atom stereocenters. The third-order valence-electron chi connectivity index (χ3n) is 5.37. The predicted molar refractivity (Wildman–Crippen MR) is 121 cm³/mol. The normalized spacial score (nSPS) is 11.7. The van der Waals surface area contributed by atoms with Crippen molar-refractivity contribution in [2.24, 2.45) is 5.92 Å². The third-order valence-corrected chi connectivity index (χ3v) is 5.37. The first-order valence-electron chi connectivity index (χ1n) is 10.3. The van der Waals surface area contributed by atoms with E-state index in [-0.39, 0.29) is 44.5 Å². The van der Waals surface area contributed by atoms with Gasteiger partial charge in [-0.3, -0.25) is 4.79 Å². The molecule has 3 heteroatoms. The molecule has 3 aromatic rings. The van der Waals surface area contributed by atoms with E-state index in [2.05, 4.69) is 82.4 Å². The van der Waals surface area contributed by atoms with Gasteiger partial charge in [-0.05, 0) is 60.1 Å². The number of rotatable bonds is 6. The van der Waals surface area contributed by atoms with Gasteiger partial charge in [-0.1, -0.05) is 50.6 Å². The second-order valence-electron chi connectivity index (χ2n) is 8.28. The average molecular weight is 473 g/mol. The van der Waals surface area contributed by atoms with Crippen molar-refractivity contribution in [1.82, 2.24) is 5.32 Å². The van der Waals surface area contributed by atoms with E-state index in [1.54, 1.807) is 0 Å². The second-order valence-corrected chi connectivity index (χ2v) is 8.28. The molecule has 3 aromatic carbocycles. The summed E-state index contributed by atoms with van der Waals surface area (Å²) >= 11 is 0. The summed E-state index contributed by atoms with van der Waals surface area (Å²) in [6.45, 7) is 11.3. The number of carbonyl (C=O) groups is 1.